The molecular formula is C22H34O2. The number of carbonyl (C=O) groups is 1. The molecule has 1 N–H and O–H groups in total. The molecule has 2 nitrogen and oxygen atoms in total. The van der Waals surface area contributed by atoms with Gasteiger partial charge in [-0.3, -0.25) is 4.79 Å². The van der Waals surface area contributed by atoms with Crippen LogP contribution in [0.3, 0.4) is 0 Å². The van der Waals surface area contributed by atoms with Crippen LogP contribution in [0.4, 0.5) is 0 Å². The third-order valence-electron chi connectivity index (χ3n) is 8.92. The van der Waals surface area contributed by atoms with Gasteiger partial charge in [0.25, 0.3) is 0 Å². The van der Waals surface area contributed by atoms with E-state index in [1.54, 1.807) is 6.08 Å². The smallest absolute Gasteiger partial charge is 0.133 e. The van der Waals surface area contributed by atoms with E-state index in [9.17, 15) is 9.90 Å². The minimum atomic E-state index is -0.607. The summed E-state index contributed by atoms with van der Waals surface area (Å²) < 4.78 is 0. The molecule has 4 aliphatic carbocycles. The van der Waals surface area contributed by atoms with Crippen molar-refractivity contribution >= 4 is 5.78 Å². The van der Waals surface area contributed by atoms with Gasteiger partial charge in [-0.25, -0.2) is 0 Å². The summed E-state index contributed by atoms with van der Waals surface area (Å²) in [7, 11) is 0. The van der Waals surface area contributed by atoms with Gasteiger partial charge in [-0.15, -0.1) is 6.58 Å². The van der Waals surface area contributed by atoms with Crippen molar-refractivity contribution in [3.8, 4) is 0 Å². The molecule has 0 radical (unpaired) electrons. The summed E-state index contributed by atoms with van der Waals surface area (Å²) in [5.74, 6) is 4.71. The zero-order chi connectivity index (χ0) is 17.1. The van der Waals surface area contributed by atoms with E-state index in [0.717, 1.165) is 42.9 Å². The Morgan fingerprint density at radius 2 is 1.79 bits per heavy atom. The van der Waals surface area contributed by atoms with Crippen LogP contribution in [0.1, 0.15) is 71.6 Å². The second kappa shape index (κ2) is 5.69. The van der Waals surface area contributed by atoms with Gasteiger partial charge >= 0.3 is 0 Å². The Balaban J connectivity index is 1.55. The molecule has 0 spiro atoms. The highest BCUT2D eigenvalue weighted by Crippen LogP contribution is 2.64. The average molecular weight is 331 g/mol. The Kier molecular flexibility index (Phi) is 3.99. The van der Waals surface area contributed by atoms with Gasteiger partial charge in [0.1, 0.15) is 5.78 Å². The predicted octanol–water partition coefficient (Wildman–Crippen LogP) is 4.76. The molecule has 2 heteroatoms. The lowest BCUT2D eigenvalue weighted by Crippen LogP contribution is -2.51. The van der Waals surface area contributed by atoms with Gasteiger partial charge in [-0.2, -0.15) is 0 Å². The number of hydrogen-bond acceptors (Lipinski definition) is 2. The minimum Gasteiger partial charge on any atom is -0.386 e. The molecule has 8 atom stereocenters. The molecule has 0 saturated heterocycles. The first-order valence-corrected chi connectivity index (χ1v) is 10.2. The normalized spacial score (nSPS) is 53.6. The van der Waals surface area contributed by atoms with Gasteiger partial charge in [0, 0.05) is 5.92 Å². The summed E-state index contributed by atoms with van der Waals surface area (Å²) in [6.07, 6.45) is 12.4. The Bertz CT molecular complexity index is 540. The van der Waals surface area contributed by atoms with Crippen molar-refractivity contribution in [2.24, 2.45) is 40.9 Å². The fraction of sp³-hybridized carbons (Fsp3) is 0.864. The number of aliphatic hydroxyl groups is 1. The Hall–Kier alpha value is -0.630. The van der Waals surface area contributed by atoms with Crippen LogP contribution in [0.25, 0.3) is 0 Å². The molecule has 24 heavy (non-hydrogen) atoms. The molecule has 4 rings (SSSR count). The molecule has 0 amide bonds. The van der Waals surface area contributed by atoms with E-state index in [0.29, 0.717) is 17.6 Å². The third kappa shape index (κ3) is 2.35. The maximum Gasteiger partial charge on any atom is 0.133 e. The van der Waals surface area contributed by atoms with Gasteiger partial charge in [0.05, 0.1) is 5.60 Å². The second-order valence-electron chi connectivity index (χ2n) is 9.77. The van der Waals surface area contributed by atoms with Crippen LogP contribution in [0.2, 0.25) is 0 Å². The molecule has 4 unspecified atom stereocenters. The predicted molar refractivity (Wildman–Crippen MR) is 96.4 cm³/mol. The maximum absolute atomic E-state index is 12.2. The SMILES string of the molecule is C=C[C@@]1(O)CC[C@H]2C(CCC3C2CC[C@@]2(C)C3CC[C@@H]2C(C)=O)C1. The van der Waals surface area contributed by atoms with Crippen LogP contribution < -0.4 is 0 Å². The zero-order valence-electron chi connectivity index (χ0n) is 15.5. The van der Waals surface area contributed by atoms with Crippen molar-refractivity contribution in [1.82, 2.24) is 0 Å². The lowest BCUT2D eigenvalue weighted by Gasteiger charge is -2.56. The Morgan fingerprint density at radius 3 is 2.50 bits per heavy atom. The largest absolute Gasteiger partial charge is 0.386 e. The molecule has 4 fully saturated rings. The summed E-state index contributed by atoms with van der Waals surface area (Å²) in [6, 6.07) is 0. The average Bonchev–Trinajstić information content (AvgIpc) is 2.91. The third-order valence-corrected chi connectivity index (χ3v) is 8.92. The van der Waals surface area contributed by atoms with E-state index in [4.69, 9.17) is 0 Å². The molecule has 0 bridgehead atoms. The first kappa shape index (κ1) is 16.8. The minimum absolute atomic E-state index is 0.274. The lowest BCUT2D eigenvalue weighted by atomic mass is 9.49. The van der Waals surface area contributed by atoms with Crippen LogP contribution in [0, 0.1) is 40.9 Å². The molecular weight excluding hydrogens is 296 g/mol. The number of Topliss-reactive ketones (excluding diaryl/α,β-unsaturated/α-hetero) is 1. The van der Waals surface area contributed by atoms with Crippen molar-refractivity contribution < 1.29 is 9.90 Å². The highest BCUT2D eigenvalue weighted by molar-refractivity contribution is 5.79. The molecule has 0 aromatic carbocycles. The molecule has 0 aromatic rings. The van der Waals surface area contributed by atoms with Crippen LogP contribution in [0.15, 0.2) is 12.7 Å². The lowest BCUT2D eigenvalue weighted by molar-refractivity contribution is -0.129. The topological polar surface area (TPSA) is 37.3 Å². The number of carbonyl (C=O) groups excluding carboxylic acids is 1. The molecule has 0 heterocycles. The summed E-state index contributed by atoms with van der Waals surface area (Å²) in [6.45, 7) is 8.12. The molecule has 134 valence electrons. The van der Waals surface area contributed by atoms with E-state index in [1.807, 2.05) is 6.92 Å². The van der Waals surface area contributed by atoms with Gasteiger partial charge in [-0.1, -0.05) is 13.0 Å². The summed E-state index contributed by atoms with van der Waals surface area (Å²) >= 11 is 0. The van der Waals surface area contributed by atoms with Crippen molar-refractivity contribution in [3.05, 3.63) is 12.7 Å². The van der Waals surface area contributed by atoms with Crippen LogP contribution in [-0.4, -0.2) is 16.5 Å². The standard InChI is InChI=1S/C22H34O2/c1-4-22(24)12-10-16-15(13-22)5-6-18-17(16)9-11-21(3)19(14(2)23)7-8-20(18)21/h4,15-20,24H,1,5-13H2,2-3H3/t15?,16-,17?,18?,19+,20?,21+,22+/m0/s1. The fourth-order valence-corrected chi connectivity index (χ4v) is 7.76. The van der Waals surface area contributed by atoms with Crippen LogP contribution in [0.5, 0.6) is 0 Å². The van der Waals surface area contributed by atoms with Crippen LogP contribution >= 0.6 is 0 Å². The molecule has 0 aromatic heterocycles. The first-order chi connectivity index (χ1) is 11.4. The number of ketones is 1. The van der Waals surface area contributed by atoms with Crippen molar-refractivity contribution in [1.29, 1.82) is 0 Å². The second-order valence-corrected chi connectivity index (χ2v) is 9.77. The monoisotopic (exact) mass is 330 g/mol. The van der Waals surface area contributed by atoms with E-state index < -0.39 is 5.60 Å². The fourth-order valence-electron chi connectivity index (χ4n) is 7.76. The van der Waals surface area contributed by atoms with E-state index in [-0.39, 0.29) is 5.41 Å². The quantitative estimate of drug-likeness (QED) is 0.741. The summed E-state index contributed by atoms with van der Waals surface area (Å²) in [5, 5.41) is 10.6. The van der Waals surface area contributed by atoms with E-state index in [2.05, 4.69) is 13.5 Å². The maximum atomic E-state index is 12.2. The van der Waals surface area contributed by atoms with E-state index in [1.165, 1.54) is 38.5 Å². The van der Waals surface area contributed by atoms with Gasteiger partial charge < -0.3 is 5.11 Å². The van der Waals surface area contributed by atoms with Crippen molar-refractivity contribution in [2.45, 2.75) is 77.2 Å². The van der Waals surface area contributed by atoms with Crippen molar-refractivity contribution in [2.75, 3.05) is 0 Å². The summed E-state index contributed by atoms with van der Waals surface area (Å²) in [5.41, 5.74) is -0.333. The van der Waals surface area contributed by atoms with Crippen LogP contribution in [-0.2, 0) is 4.79 Å². The van der Waals surface area contributed by atoms with Gasteiger partial charge in [0.15, 0.2) is 0 Å². The number of fused-ring (bicyclic) bond motifs is 5. The van der Waals surface area contributed by atoms with E-state index >= 15 is 0 Å². The molecule has 4 saturated carbocycles. The Labute approximate surface area is 147 Å². The highest BCUT2D eigenvalue weighted by atomic mass is 16.3. The highest BCUT2D eigenvalue weighted by Gasteiger charge is 2.58. The van der Waals surface area contributed by atoms with Crippen molar-refractivity contribution in [3.63, 3.8) is 0 Å². The zero-order valence-corrected chi connectivity index (χ0v) is 15.5. The first-order valence-electron chi connectivity index (χ1n) is 10.2. The number of hydrogen-bond donors (Lipinski definition) is 1. The Morgan fingerprint density at radius 1 is 1.04 bits per heavy atom. The van der Waals surface area contributed by atoms with Gasteiger partial charge in [0.2, 0.25) is 0 Å². The molecule has 0 aliphatic heterocycles. The molecule has 4 aliphatic rings. The van der Waals surface area contributed by atoms with Gasteiger partial charge in [-0.05, 0) is 99.7 Å². The summed E-state index contributed by atoms with van der Waals surface area (Å²) in [4.78, 5) is 12.2. The number of rotatable bonds is 2.